The Morgan fingerprint density at radius 1 is 1.57 bits per heavy atom. The van der Waals surface area contributed by atoms with Gasteiger partial charge in [-0.1, -0.05) is 19.8 Å². The standard InChI is InChI=1S/C14H21N3O4/c1-10-4-3-5-12(8-10)14(18)21-7-6-16-11(2)15-9-13(16)17(19)20/h9-10,12H,3-8H2,1-2H3. The lowest BCUT2D eigenvalue weighted by Gasteiger charge is -2.24. The maximum atomic E-state index is 12.0. The number of nitrogens with zero attached hydrogens (tertiary/aromatic N) is 3. The van der Waals surface area contributed by atoms with Crippen LogP contribution in [0.15, 0.2) is 6.20 Å². The Balaban J connectivity index is 1.85. The molecule has 2 unspecified atom stereocenters. The van der Waals surface area contributed by atoms with Gasteiger partial charge < -0.3 is 14.9 Å². The summed E-state index contributed by atoms with van der Waals surface area (Å²) >= 11 is 0. The maximum absolute atomic E-state index is 12.0. The summed E-state index contributed by atoms with van der Waals surface area (Å²) in [5.74, 6) is 0.835. The van der Waals surface area contributed by atoms with Crippen LogP contribution < -0.4 is 0 Å². The smallest absolute Gasteiger partial charge is 0.342 e. The molecule has 116 valence electrons. The van der Waals surface area contributed by atoms with E-state index < -0.39 is 4.92 Å². The van der Waals surface area contributed by atoms with Crippen molar-refractivity contribution in [3.63, 3.8) is 0 Å². The number of aromatic nitrogens is 2. The summed E-state index contributed by atoms with van der Waals surface area (Å²) < 4.78 is 6.74. The van der Waals surface area contributed by atoms with E-state index in [0.29, 0.717) is 11.7 Å². The Bertz CT molecular complexity index is 526. The molecule has 0 N–H and O–H groups in total. The van der Waals surface area contributed by atoms with E-state index in [2.05, 4.69) is 11.9 Å². The molecule has 7 heteroatoms. The third-order valence-electron chi connectivity index (χ3n) is 4.05. The predicted molar refractivity (Wildman–Crippen MR) is 75.7 cm³/mol. The van der Waals surface area contributed by atoms with Crippen LogP contribution in [0.4, 0.5) is 5.82 Å². The fourth-order valence-electron chi connectivity index (χ4n) is 2.88. The van der Waals surface area contributed by atoms with Gasteiger partial charge in [0.05, 0.1) is 5.92 Å². The van der Waals surface area contributed by atoms with Crippen LogP contribution in [-0.2, 0) is 16.1 Å². The van der Waals surface area contributed by atoms with E-state index in [1.807, 2.05) is 0 Å². The maximum Gasteiger partial charge on any atom is 0.342 e. The molecule has 1 heterocycles. The summed E-state index contributed by atoms with van der Waals surface area (Å²) in [5.41, 5.74) is 0. The van der Waals surface area contributed by atoms with Crippen molar-refractivity contribution in [1.82, 2.24) is 9.55 Å². The van der Waals surface area contributed by atoms with E-state index in [0.717, 1.165) is 19.3 Å². The molecular weight excluding hydrogens is 274 g/mol. The van der Waals surface area contributed by atoms with E-state index >= 15 is 0 Å². The SMILES string of the molecule is Cc1ncc([N+](=O)[O-])n1CCOC(=O)C1CCCC(C)C1. The second kappa shape index (κ2) is 6.69. The normalized spacial score (nSPS) is 22.0. The van der Waals surface area contributed by atoms with Gasteiger partial charge in [-0.25, -0.2) is 9.55 Å². The number of rotatable bonds is 5. The van der Waals surface area contributed by atoms with Gasteiger partial charge in [-0.3, -0.25) is 4.79 Å². The zero-order chi connectivity index (χ0) is 15.4. The van der Waals surface area contributed by atoms with Crippen molar-refractivity contribution < 1.29 is 14.5 Å². The van der Waals surface area contributed by atoms with Gasteiger partial charge in [0.2, 0.25) is 0 Å². The molecule has 0 radical (unpaired) electrons. The van der Waals surface area contributed by atoms with Gasteiger partial charge in [-0.15, -0.1) is 0 Å². The molecule has 0 saturated heterocycles. The van der Waals surface area contributed by atoms with Crippen LogP contribution in [0.2, 0.25) is 0 Å². The first-order valence-corrected chi connectivity index (χ1v) is 7.32. The first-order chi connectivity index (χ1) is 9.99. The Morgan fingerprint density at radius 2 is 2.33 bits per heavy atom. The Labute approximate surface area is 123 Å². The van der Waals surface area contributed by atoms with Crippen LogP contribution in [-0.4, -0.2) is 27.1 Å². The van der Waals surface area contributed by atoms with Crippen molar-refractivity contribution in [2.45, 2.75) is 46.1 Å². The topological polar surface area (TPSA) is 87.3 Å². The molecule has 1 aromatic rings. The summed E-state index contributed by atoms with van der Waals surface area (Å²) in [6.07, 6.45) is 5.22. The third kappa shape index (κ3) is 3.80. The van der Waals surface area contributed by atoms with Crippen LogP contribution in [0, 0.1) is 28.9 Å². The van der Waals surface area contributed by atoms with Gasteiger partial charge in [0.25, 0.3) is 0 Å². The minimum atomic E-state index is -0.482. The monoisotopic (exact) mass is 295 g/mol. The van der Waals surface area contributed by atoms with Gasteiger partial charge in [0.15, 0.2) is 5.82 Å². The average Bonchev–Trinajstić information content (AvgIpc) is 2.80. The van der Waals surface area contributed by atoms with Crippen molar-refractivity contribution in [1.29, 1.82) is 0 Å². The lowest BCUT2D eigenvalue weighted by molar-refractivity contribution is -0.392. The highest BCUT2D eigenvalue weighted by molar-refractivity contribution is 5.72. The highest BCUT2D eigenvalue weighted by Crippen LogP contribution is 2.29. The van der Waals surface area contributed by atoms with Crippen molar-refractivity contribution >= 4 is 11.8 Å². The lowest BCUT2D eigenvalue weighted by Crippen LogP contribution is -2.25. The molecule has 0 aromatic carbocycles. The second-order valence-electron chi connectivity index (χ2n) is 5.71. The van der Waals surface area contributed by atoms with E-state index in [4.69, 9.17) is 4.74 Å². The molecule has 1 aliphatic carbocycles. The second-order valence-corrected chi connectivity index (χ2v) is 5.71. The van der Waals surface area contributed by atoms with Crippen LogP contribution in [0.3, 0.4) is 0 Å². The number of nitro groups is 1. The fraction of sp³-hybridized carbons (Fsp3) is 0.714. The zero-order valence-corrected chi connectivity index (χ0v) is 12.4. The molecule has 2 rings (SSSR count). The average molecular weight is 295 g/mol. The first-order valence-electron chi connectivity index (χ1n) is 7.32. The molecule has 1 aliphatic rings. The number of hydrogen-bond donors (Lipinski definition) is 0. The van der Waals surface area contributed by atoms with Crippen molar-refractivity contribution in [2.75, 3.05) is 6.61 Å². The van der Waals surface area contributed by atoms with E-state index in [1.165, 1.54) is 17.2 Å². The number of aryl methyl sites for hydroxylation is 1. The Hall–Kier alpha value is -1.92. The summed E-state index contributed by atoms with van der Waals surface area (Å²) in [6, 6.07) is 0. The van der Waals surface area contributed by atoms with E-state index in [-0.39, 0.29) is 30.9 Å². The van der Waals surface area contributed by atoms with Gasteiger partial charge >= 0.3 is 11.8 Å². The summed E-state index contributed by atoms with van der Waals surface area (Å²) in [4.78, 5) is 26.3. The number of esters is 1. The molecule has 2 atom stereocenters. The highest BCUT2D eigenvalue weighted by Gasteiger charge is 2.26. The molecule has 0 bridgehead atoms. The third-order valence-corrected chi connectivity index (χ3v) is 4.05. The number of carbonyl (C=O) groups is 1. The van der Waals surface area contributed by atoms with Crippen LogP contribution in [0.25, 0.3) is 0 Å². The van der Waals surface area contributed by atoms with Gasteiger partial charge in [-0.2, -0.15) is 0 Å². The van der Waals surface area contributed by atoms with Crippen LogP contribution in [0.1, 0.15) is 38.4 Å². The Morgan fingerprint density at radius 3 is 3.00 bits per heavy atom. The predicted octanol–water partition coefficient (Wildman–Crippen LogP) is 2.47. The zero-order valence-electron chi connectivity index (χ0n) is 12.4. The summed E-state index contributed by atoms with van der Waals surface area (Å²) in [6.45, 7) is 4.24. The van der Waals surface area contributed by atoms with Gasteiger partial charge in [-0.05, 0) is 23.7 Å². The molecule has 1 saturated carbocycles. The first kappa shape index (κ1) is 15.5. The molecule has 0 spiro atoms. The van der Waals surface area contributed by atoms with Gasteiger partial charge in [0.1, 0.15) is 19.3 Å². The number of carbonyl (C=O) groups excluding carboxylic acids is 1. The summed E-state index contributed by atoms with van der Waals surface area (Å²) in [7, 11) is 0. The van der Waals surface area contributed by atoms with Crippen molar-refractivity contribution in [2.24, 2.45) is 11.8 Å². The van der Waals surface area contributed by atoms with Crippen LogP contribution in [0.5, 0.6) is 0 Å². The lowest BCUT2D eigenvalue weighted by atomic mass is 9.82. The number of imidazole rings is 1. The Kier molecular flexibility index (Phi) is 4.93. The largest absolute Gasteiger partial charge is 0.461 e. The van der Waals surface area contributed by atoms with Crippen molar-refractivity contribution in [3.8, 4) is 0 Å². The minimum absolute atomic E-state index is 0.0207. The van der Waals surface area contributed by atoms with Crippen LogP contribution >= 0.6 is 0 Å². The number of hydrogen-bond acceptors (Lipinski definition) is 5. The minimum Gasteiger partial charge on any atom is -0.461 e. The summed E-state index contributed by atoms with van der Waals surface area (Å²) in [5, 5.41) is 10.9. The quantitative estimate of drug-likeness (QED) is 0.473. The van der Waals surface area contributed by atoms with E-state index in [1.54, 1.807) is 6.92 Å². The fourth-order valence-corrected chi connectivity index (χ4v) is 2.88. The molecular formula is C14H21N3O4. The molecule has 21 heavy (non-hydrogen) atoms. The van der Waals surface area contributed by atoms with E-state index in [9.17, 15) is 14.9 Å². The number of ether oxygens (including phenoxy) is 1. The molecule has 1 fully saturated rings. The molecule has 0 amide bonds. The highest BCUT2D eigenvalue weighted by atomic mass is 16.6. The molecule has 0 aliphatic heterocycles. The molecule has 7 nitrogen and oxygen atoms in total. The van der Waals surface area contributed by atoms with Crippen molar-refractivity contribution in [3.05, 3.63) is 22.1 Å². The molecule has 1 aromatic heterocycles. The van der Waals surface area contributed by atoms with Gasteiger partial charge in [0, 0.05) is 6.92 Å².